The van der Waals surface area contributed by atoms with E-state index in [0.29, 0.717) is 29.5 Å². The molecule has 0 saturated heterocycles. The van der Waals surface area contributed by atoms with E-state index in [4.69, 9.17) is 10.3 Å². The smallest absolute Gasteiger partial charge is 0.248 e. The van der Waals surface area contributed by atoms with Crippen LogP contribution in [0.2, 0.25) is 0 Å². The number of hydrogen-bond acceptors (Lipinski definition) is 6. The van der Waals surface area contributed by atoms with E-state index in [1.54, 1.807) is 41.3 Å². The summed E-state index contributed by atoms with van der Waals surface area (Å²) in [4.78, 5) is 4.24. The van der Waals surface area contributed by atoms with Crippen LogP contribution in [0.5, 0.6) is 5.75 Å². The second-order valence-electron chi connectivity index (χ2n) is 4.03. The van der Waals surface area contributed by atoms with Crippen molar-refractivity contribution in [3.05, 3.63) is 42.5 Å². The quantitative estimate of drug-likeness (QED) is 0.732. The molecule has 0 fully saturated rings. The van der Waals surface area contributed by atoms with Crippen LogP contribution in [-0.4, -0.2) is 25.0 Å². The van der Waals surface area contributed by atoms with E-state index < -0.39 is 0 Å². The van der Waals surface area contributed by atoms with Gasteiger partial charge in [0.05, 0.1) is 11.9 Å². The third-order valence-corrected chi connectivity index (χ3v) is 2.52. The number of benzene rings is 1. The zero-order chi connectivity index (χ0) is 13.2. The molecule has 0 aliphatic rings. The highest BCUT2D eigenvalue weighted by atomic mass is 16.5. The normalized spacial score (nSPS) is 10.7. The average Bonchev–Trinajstić information content (AvgIpc) is 2.99. The minimum atomic E-state index is 0.156. The molecule has 0 aliphatic heterocycles. The summed E-state index contributed by atoms with van der Waals surface area (Å²) < 4.78 is 6.73. The number of hydrogen-bond donors (Lipinski definition) is 2. The van der Waals surface area contributed by atoms with Gasteiger partial charge >= 0.3 is 0 Å². The number of anilines is 1. The molecule has 96 valence electrons. The monoisotopic (exact) mass is 257 g/mol. The van der Waals surface area contributed by atoms with Gasteiger partial charge in [0.15, 0.2) is 0 Å². The molecule has 0 bridgehead atoms. The topological polar surface area (TPSA) is 103 Å². The second kappa shape index (κ2) is 4.45. The zero-order valence-corrected chi connectivity index (χ0v) is 9.89. The Morgan fingerprint density at radius 3 is 3.00 bits per heavy atom. The Labute approximate surface area is 108 Å². The standard InChI is InChI=1S/C12H11N5O2/c13-9-5-14-17(6-9)7-11-15-12(16-19-11)8-2-1-3-10(18)4-8/h1-6,18H,7,13H2. The molecule has 7 nitrogen and oxygen atoms in total. The van der Waals surface area contributed by atoms with Crippen LogP contribution >= 0.6 is 0 Å². The van der Waals surface area contributed by atoms with E-state index in [2.05, 4.69) is 15.2 Å². The van der Waals surface area contributed by atoms with Crippen LogP contribution in [0.3, 0.4) is 0 Å². The summed E-state index contributed by atoms with van der Waals surface area (Å²) >= 11 is 0. The minimum absolute atomic E-state index is 0.156. The third-order valence-electron chi connectivity index (χ3n) is 2.52. The Morgan fingerprint density at radius 1 is 1.37 bits per heavy atom. The minimum Gasteiger partial charge on any atom is -0.508 e. The van der Waals surface area contributed by atoms with Crippen LogP contribution in [0.25, 0.3) is 11.4 Å². The molecular weight excluding hydrogens is 246 g/mol. The molecular formula is C12H11N5O2. The lowest BCUT2D eigenvalue weighted by Crippen LogP contribution is -2.00. The maximum absolute atomic E-state index is 9.40. The van der Waals surface area contributed by atoms with E-state index in [1.165, 1.54) is 0 Å². The molecule has 1 aromatic carbocycles. The molecule has 2 aromatic heterocycles. The Bertz CT molecular complexity index is 703. The Balaban J connectivity index is 1.83. The molecule has 0 radical (unpaired) electrons. The number of aromatic hydroxyl groups is 1. The first-order chi connectivity index (χ1) is 9.20. The van der Waals surface area contributed by atoms with Crippen molar-refractivity contribution in [3.8, 4) is 17.1 Å². The van der Waals surface area contributed by atoms with Crippen LogP contribution in [-0.2, 0) is 6.54 Å². The first-order valence-electron chi connectivity index (χ1n) is 5.60. The molecule has 0 spiro atoms. The molecule has 0 amide bonds. The molecule has 0 saturated carbocycles. The van der Waals surface area contributed by atoms with Crippen LogP contribution in [0.15, 0.2) is 41.2 Å². The van der Waals surface area contributed by atoms with E-state index in [1.807, 2.05) is 0 Å². The van der Waals surface area contributed by atoms with Crippen molar-refractivity contribution in [2.45, 2.75) is 6.54 Å². The number of phenolic OH excluding ortho intramolecular Hbond substituents is 1. The van der Waals surface area contributed by atoms with Gasteiger partial charge in [-0.1, -0.05) is 17.3 Å². The number of aromatic nitrogens is 4. The molecule has 3 aromatic rings. The first-order valence-corrected chi connectivity index (χ1v) is 5.60. The van der Waals surface area contributed by atoms with E-state index in [-0.39, 0.29) is 5.75 Å². The van der Waals surface area contributed by atoms with Gasteiger partial charge in [-0.3, -0.25) is 4.68 Å². The molecule has 0 unspecified atom stereocenters. The van der Waals surface area contributed by atoms with Gasteiger partial charge in [-0.25, -0.2) is 0 Å². The van der Waals surface area contributed by atoms with Crippen LogP contribution in [0.4, 0.5) is 5.69 Å². The van der Waals surface area contributed by atoms with Crippen molar-refractivity contribution in [1.82, 2.24) is 19.9 Å². The van der Waals surface area contributed by atoms with Gasteiger partial charge in [0.2, 0.25) is 11.7 Å². The van der Waals surface area contributed by atoms with Crippen molar-refractivity contribution in [2.75, 3.05) is 5.73 Å². The summed E-state index contributed by atoms with van der Waals surface area (Å²) in [6, 6.07) is 6.66. The van der Waals surface area contributed by atoms with Gasteiger partial charge in [0.1, 0.15) is 12.3 Å². The highest BCUT2D eigenvalue weighted by molar-refractivity contribution is 5.56. The van der Waals surface area contributed by atoms with E-state index in [0.717, 1.165) is 0 Å². The SMILES string of the molecule is Nc1cnn(Cc2nc(-c3cccc(O)c3)no2)c1. The summed E-state index contributed by atoms with van der Waals surface area (Å²) in [6.45, 7) is 0.350. The fourth-order valence-corrected chi connectivity index (χ4v) is 1.69. The molecule has 3 rings (SSSR count). The molecule has 19 heavy (non-hydrogen) atoms. The number of nitrogens with zero attached hydrogens (tertiary/aromatic N) is 4. The van der Waals surface area contributed by atoms with Crippen molar-refractivity contribution >= 4 is 5.69 Å². The molecule has 2 heterocycles. The van der Waals surface area contributed by atoms with Crippen LogP contribution < -0.4 is 5.73 Å². The molecule has 7 heteroatoms. The predicted molar refractivity (Wildman–Crippen MR) is 67.1 cm³/mol. The van der Waals surface area contributed by atoms with Crippen molar-refractivity contribution in [2.24, 2.45) is 0 Å². The second-order valence-corrected chi connectivity index (χ2v) is 4.03. The zero-order valence-electron chi connectivity index (χ0n) is 9.89. The van der Waals surface area contributed by atoms with Gasteiger partial charge < -0.3 is 15.4 Å². The lowest BCUT2D eigenvalue weighted by molar-refractivity contribution is 0.366. The van der Waals surface area contributed by atoms with Crippen LogP contribution in [0, 0.1) is 0 Å². The molecule has 3 N–H and O–H groups in total. The van der Waals surface area contributed by atoms with Gasteiger partial charge in [0.25, 0.3) is 0 Å². The van der Waals surface area contributed by atoms with E-state index >= 15 is 0 Å². The summed E-state index contributed by atoms with van der Waals surface area (Å²) in [7, 11) is 0. The summed E-state index contributed by atoms with van der Waals surface area (Å²) in [5, 5.41) is 17.3. The number of nitrogen functional groups attached to an aromatic ring is 1. The maximum Gasteiger partial charge on any atom is 0.248 e. The third kappa shape index (κ3) is 2.39. The lowest BCUT2D eigenvalue weighted by Gasteiger charge is -1.95. The van der Waals surface area contributed by atoms with Crippen LogP contribution in [0.1, 0.15) is 5.89 Å². The molecule has 0 atom stereocenters. The van der Waals surface area contributed by atoms with Crippen molar-refractivity contribution in [1.29, 1.82) is 0 Å². The van der Waals surface area contributed by atoms with Gasteiger partial charge in [-0.05, 0) is 12.1 Å². The molecule has 0 aliphatic carbocycles. The largest absolute Gasteiger partial charge is 0.508 e. The fraction of sp³-hybridized carbons (Fsp3) is 0.0833. The van der Waals surface area contributed by atoms with Gasteiger partial charge in [-0.2, -0.15) is 10.1 Å². The maximum atomic E-state index is 9.40. The predicted octanol–water partition coefficient (Wildman–Crippen LogP) is 1.27. The summed E-state index contributed by atoms with van der Waals surface area (Å²) in [6.07, 6.45) is 3.23. The number of nitrogens with two attached hydrogens (primary N) is 1. The highest BCUT2D eigenvalue weighted by Gasteiger charge is 2.10. The average molecular weight is 257 g/mol. The Kier molecular flexibility index (Phi) is 2.64. The fourth-order valence-electron chi connectivity index (χ4n) is 1.69. The van der Waals surface area contributed by atoms with Gasteiger partial charge in [-0.15, -0.1) is 0 Å². The Hall–Kier alpha value is -2.83. The number of rotatable bonds is 3. The summed E-state index contributed by atoms with van der Waals surface area (Å²) in [5.41, 5.74) is 6.83. The van der Waals surface area contributed by atoms with Gasteiger partial charge in [0, 0.05) is 11.8 Å². The summed E-state index contributed by atoms with van der Waals surface area (Å²) in [5.74, 6) is 0.996. The highest BCUT2D eigenvalue weighted by Crippen LogP contribution is 2.20. The van der Waals surface area contributed by atoms with E-state index in [9.17, 15) is 5.11 Å². The first kappa shape index (κ1) is 11.3. The Morgan fingerprint density at radius 2 is 2.26 bits per heavy atom. The van der Waals surface area contributed by atoms with Crippen molar-refractivity contribution in [3.63, 3.8) is 0 Å². The van der Waals surface area contributed by atoms with Crippen molar-refractivity contribution < 1.29 is 9.63 Å². The lowest BCUT2D eigenvalue weighted by atomic mass is 10.2. The number of phenols is 1.